The van der Waals surface area contributed by atoms with Gasteiger partial charge in [-0.25, -0.2) is 4.79 Å². The maximum absolute atomic E-state index is 13.9. The third-order valence-corrected chi connectivity index (χ3v) is 6.99. The van der Waals surface area contributed by atoms with E-state index < -0.39 is 48.4 Å². The number of aryl methyl sites for hydroxylation is 1. The number of phenols is 1. The van der Waals surface area contributed by atoms with Crippen LogP contribution in [0.5, 0.6) is 11.5 Å². The monoisotopic (exact) mass is 599 g/mol. The van der Waals surface area contributed by atoms with E-state index in [1.165, 1.54) is 20.3 Å². The molecule has 0 aliphatic heterocycles. The summed E-state index contributed by atoms with van der Waals surface area (Å²) in [6, 6.07) is 10.4. The zero-order chi connectivity index (χ0) is 32.3. The highest BCUT2D eigenvalue weighted by molar-refractivity contribution is 6.59. The number of methoxy groups -OCH3 is 2. The molecule has 11 heteroatoms. The third-order valence-electron chi connectivity index (χ3n) is 6.99. The van der Waals surface area contributed by atoms with Crippen molar-refractivity contribution in [3.63, 3.8) is 0 Å². The maximum Gasteiger partial charge on any atom is 0.492 e. The Morgan fingerprint density at radius 1 is 0.930 bits per heavy atom. The lowest BCUT2D eigenvalue weighted by Gasteiger charge is -2.30. The summed E-state index contributed by atoms with van der Waals surface area (Å²) in [6.07, 6.45) is 1.99. The van der Waals surface area contributed by atoms with Gasteiger partial charge in [0.05, 0.1) is 26.1 Å². The van der Waals surface area contributed by atoms with E-state index in [1.807, 2.05) is 26.0 Å². The van der Waals surface area contributed by atoms with E-state index in [0.717, 1.165) is 5.56 Å². The topological polar surface area (TPSA) is 152 Å². The zero-order valence-electron chi connectivity index (χ0n) is 26.3. The average Bonchev–Trinajstić information content (AvgIpc) is 2.93. The highest BCUT2D eigenvalue weighted by Crippen LogP contribution is 2.29. The second-order valence-electron chi connectivity index (χ2n) is 12.2. The van der Waals surface area contributed by atoms with Crippen LogP contribution >= 0.6 is 0 Å². The molecule has 0 aliphatic rings. The fourth-order valence-electron chi connectivity index (χ4n) is 4.97. The highest BCUT2D eigenvalue weighted by atomic mass is 16.6. The molecule has 0 unspecified atom stereocenters. The molecule has 0 saturated carbocycles. The first-order valence-corrected chi connectivity index (χ1v) is 14.6. The molecule has 0 aromatic heterocycles. The number of amides is 1. The lowest BCUT2D eigenvalue weighted by atomic mass is 9.78. The summed E-state index contributed by atoms with van der Waals surface area (Å²) in [6.45, 7) is 9.24. The van der Waals surface area contributed by atoms with E-state index in [-0.39, 0.29) is 29.3 Å². The summed E-state index contributed by atoms with van der Waals surface area (Å²) in [5.74, 6) is -2.69. The van der Waals surface area contributed by atoms with Gasteiger partial charge >= 0.3 is 19.1 Å². The van der Waals surface area contributed by atoms with E-state index in [0.29, 0.717) is 31.2 Å². The first-order valence-electron chi connectivity index (χ1n) is 14.6. The minimum atomic E-state index is -1.80. The largest absolute Gasteiger partial charge is 0.508 e. The van der Waals surface area contributed by atoms with Crippen LogP contribution < -0.4 is 15.5 Å². The van der Waals surface area contributed by atoms with E-state index in [1.54, 1.807) is 45.0 Å². The Bertz CT molecular complexity index is 1210. The fourth-order valence-corrected chi connectivity index (χ4v) is 4.97. The van der Waals surface area contributed by atoms with Crippen molar-refractivity contribution in [1.29, 1.82) is 0 Å². The van der Waals surface area contributed by atoms with Crippen LogP contribution in [-0.2, 0) is 36.7 Å². The number of carbonyl (C=O) groups excluding carboxylic acids is 3. The first-order chi connectivity index (χ1) is 20.1. The average molecular weight is 600 g/mol. The number of benzene rings is 2. The molecule has 0 heterocycles. The molecule has 236 valence electrons. The van der Waals surface area contributed by atoms with Crippen molar-refractivity contribution >= 4 is 30.4 Å². The van der Waals surface area contributed by atoms with Crippen molar-refractivity contribution in [3.05, 3.63) is 53.6 Å². The Kier molecular flexibility index (Phi) is 13.5. The highest BCUT2D eigenvalue weighted by Gasteiger charge is 2.38. The Labute approximate surface area is 254 Å². The standard InChI is InChI=1S/C32H46BNO9/c1-20(2)17-25(24(30(37)43-32(3,4)5)10-8-9-21-11-14-23(35)15-12-21)29(36)34-27(31(38)42-7)19-22-13-16-28(41-6)26(18-22)33(39)40/h11-16,18,20,24-25,27,35,39-40H,8-10,17,19H2,1-7H3,(H,34,36)/t24-,25+,27-/m0/s1. The summed E-state index contributed by atoms with van der Waals surface area (Å²) in [5, 5.41) is 31.9. The number of phenolic OH excluding ortho intramolecular Hbond substituents is 1. The van der Waals surface area contributed by atoms with E-state index >= 15 is 0 Å². The van der Waals surface area contributed by atoms with Crippen molar-refractivity contribution in [2.45, 2.75) is 78.4 Å². The number of nitrogens with one attached hydrogen (secondary N) is 1. The quantitative estimate of drug-likeness (QED) is 0.179. The number of hydrogen-bond acceptors (Lipinski definition) is 9. The van der Waals surface area contributed by atoms with Crippen LogP contribution in [0.1, 0.15) is 65.0 Å². The van der Waals surface area contributed by atoms with Crippen molar-refractivity contribution < 1.29 is 43.7 Å². The Morgan fingerprint density at radius 3 is 2.09 bits per heavy atom. The number of aromatic hydroxyl groups is 1. The molecule has 0 saturated heterocycles. The second kappa shape index (κ2) is 16.3. The first kappa shape index (κ1) is 35.6. The molecule has 2 aromatic rings. The molecule has 0 bridgehead atoms. The number of esters is 2. The number of hydrogen-bond donors (Lipinski definition) is 4. The maximum atomic E-state index is 13.9. The lowest BCUT2D eigenvalue weighted by molar-refractivity contribution is -0.164. The lowest BCUT2D eigenvalue weighted by Crippen LogP contribution is -2.48. The van der Waals surface area contributed by atoms with Gasteiger partial charge in [0, 0.05) is 11.9 Å². The zero-order valence-corrected chi connectivity index (χ0v) is 26.3. The van der Waals surface area contributed by atoms with Gasteiger partial charge in [0.15, 0.2) is 0 Å². The third kappa shape index (κ3) is 11.6. The molecule has 0 spiro atoms. The van der Waals surface area contributed by atoms with Crippen LogP contribution in [-0.4, -0.2) is 66.0 Å². The van der Waals surface area contributed by atoms with Gasteiger partial charge in [0.2, 0.25) is 5.91 Å². The molecule has 2 aromatic carbocycles. The van der Waals surface area contributed by atoms with Crippen LogP contribution in [0.15, 0.2) is 42.5 Å². The van der Waals surface area contributed by atoms with Crippen LogP contribution in [0.2, 0.25) is 0 Å². The predicted molar refractivity (Wildman–Crippen MR) is 164 cm³/mol. The van der Waals surface area contributed by atoms with Crippen LogP contribution in [0.25, 0.3) is 0 Å². The summed E-state index contributed by atoms with van der Waals surface area (Å²) in [5.41, 5.74) is 0.885. The summed E-state index contributed by atoms with van der Waals surface area (Å²) >= 11 is 0. The molecular formula is C32H46BNO9. The molecule has 10 nitrogen and oxygen atoms in total. The van der Waals surface area contributed by atoms with Crippen molar-refractivity contribution in [1.82, 2.24) is 5.32 Å². The fraction of sp³-hybridized carbons (Fsp3) is 0.531. The van der Waals surface area contributed by atoms with Gasteiger partial charge in [-0.1, -0.05) is 38.1 Å². The van der Waals surface area contributed by atoms with E-state index in [9.17, 15) is 29.5 Å². The molecule has 3 atom stereocenters. The molecule has 2 rings (SSSR count). The Morgan fingerprint density at radius 2 is 1.56 bits per heavy atom. The number of rotatable bonds is 15. The van der Waals surface area contributed by atoms with E-state index in [2.05, 4.69) is 5.32 Å². The molecule has 4 N–H and O–H groups in total. The molecule has 1 amide bonds. The second-order valence-corrected chi connectivity index (χ2v) is 12.2. The number of ether oxygens (including phenoxy) is 3. The van der Waals surface area contributed by atoms with Crippen LogP contribution in [0.4, 0.5) is 0 Å². The van der Waals surface area contributed by atoms with Crippen molar-refractivity contribution in [2.24, 2.45) is 17.8 Å². The smallest absolute Gasteiger partial charge is 0.492 e. The van der Waals surface area contributed by atoms with Crippen molar-refractivity contribution in [2.75, 3.05) is 14.2 Å². The van der Waals surface area contributed by atoms with Gasteiger partial charge in [0.25, 0.3) is 0 Å². The molecule has 0 radical (unpaired) electrons. The van der Waals surface area contributed by atoms with Crippen LogP contribution in [0.3, 0.4) is 0 Å². The van der Waals surface area contributed by atoms with Gasteiger partial charge in [0.1, 0.15) is 23.1 Å². The summed E-state index contributed by atoms with van der Waals surface area (Å²) in [7, 11) is 0.822. The van der Waals surface area contributed by atoms with Gasteiger partial charge in [-0.3, -0.25) is 9.59 Å². The predicted octanol–water partition coefficient (Wildman–Crippen LogP) is 2.92. The molecular weight excluding hydrogens is 553 g/mol. The van der Waals surface area contributed by atoms with Gasteiger partial charge in [-0.15, -0.1) is 0 Å². The molecule has 43 heavy (non-hydrogen) atoms. The van der Waals surface area contributed by atoms with Crippen molar-refractivity contribution in [3.8, 4) is 11.5 Å². The molecule has 0 aliphatic carbocycles. The van der Waals surface area contributed by atoms with Gasteiger partial charge in [-0.05, 0) is 81.7 Å². The summed E-state index contributed by atoms with van der Waals surface area (Å²) < 4.78 is 15.9. The van der Waals surface area contributed by atoms with Gasteiger partial charge in [-0.2, -0.15) is 0 Å². The summed E-state index contributed by atoms with van der Waals surface area (Å²) in [4.78, 5) is 40.2. The Hall–Kier alpha value is -3.57. The van der Waals surface area contributed by atoms with E-state index in [4.69, 9.17) is 14.2 Å². The number of carbonyl (C=O) groups is 3. The normalized spacial score (nSPS) is 13.5. The minimum absolute atomic E-state index is 0.00842. The SMILES string of the molecule is COC(=O)[C@H](Cc1ccc(OC)c(B(O)O)c1)NC(=O)[C@H](CC(C)C)[C@H](CCCc1ccc(O)cc1)C(=O)OC(C)(C)C. The Balaban J connectivity index is 2.36. The van der Waals surface area contributed by atoms with Gasteiger partial charge < -0.3 is 34.7 Å². The van der Waals surface area contributed by atoms with Crippen LogP contribution in [0, 0.1) is 17.8 Å². The minimum Gasteiger partial charge on any atom is -0.508 e. The molecule has 0 fully saturated rings.